The van der Waals surface area contributed by atoms with E-state index in [4.69, 9.17) is 9.47 Å². The number of methoxy groups -OCH3 is 2. The van der Waals surface area contributed by atoms with Gasteiger partial charge < -0.3 is 9.47 Å². The molecule has 0 amide bonds. The molecule has 0 bridgehead atoms. The molecule has 0 radical (unpaired) electrons. The summed E-state index contributed by atoms with van der Waals surface area (Å²) in [5.74, 6) is 0.759. The minimum absolute atomic E-state index is 0.475. The fraction of sp³-hybridized carbons (Fsp3) is 0.750. The summed E-state index contributed by atoms with van der Waals surface area (Å²) in [4.78, 5) is 9.53. The quantitative estimate of drug-likeness (QED) is 0.791. The van der Waals surface area contributed by atoms with Gasteiger partial charge in [-0.1, -0.05) is 6.07 Å². The van der Waals surface area contributed by atoms with Crippen molar-refractivity contribution < 1.29 is 9.47 Å². The highest BCUT2D eigenvalue weighted by Crippen LogP contribution is 2.44. The Morgan fingerprint density at radius 1 is 1.28 bits per heavy atom. The summed E-state index contributed by atoms with van der Waals surface area (Å²) < 4.78 is 10.9. The lowest BCUT2D eigenvalue weighted by atomic mass is 9.76. The summed E-state index contributed by atoms with van der Waals surface area (Å²) in [6.07, 6.45) is 5.63. The minimum Gasteiger partial charge on any atom is -0.481 e. The molecule has 0 aromatic carbocycles. The van der Waals surface area contributed by atoms with Crippen molar-refractivity contribution in [3.63, 3.8) is 0 Å². The maximum atomic E-state index is 5.49. The molecule has 0 unspecified atom stereocenters. The van der Waals surface area contributed by atoms with Crippen molar-refractivity contribution in [2.75, 3.05) is 40.5 Å². The molecule has 0 N–H and O–H groups in total. The molecule has 1 spiro atoms. The third-order valence-electron chi connectivity index (χ3n) is 6.03. The number of hydrogen-bond acceptors (Lipinski definition) is 5. The molecule has 1 atom stereocenters. The van der Waals surface area contributed by atoms with Gasteiger partial charge in [-0.25, -0.2) is 4.98 Å². The molecule has 5 heteroatoms. The number of pyridine rings is 1. The molecular formula is C20H33N3O2. The van der Waals surface area contributed by atoms with E-state index < -0.39 is 0 Å². The first kappa shape index (κ1) is 18.6. The second kappa shape index (κ2) is 8.02. The third-order valence-corrected chi connectivity index (χ3v) is 6.03. The number of likely N-dealkylation sites (tertiary alicyclic amines) is 2. The molecular weight excluding hydrogens is 314 g/mol. The van der Waals surface area contributed by atoms with E-state index in [9.17, 15) is 0 Å². The average molecular weight is 348 g/mol. The molecule has 0 saturated carbocycles. The summed E-state index contributed by atoms with van der Waals surface area (Å²) in [5.41, 5.74) is 1.66. The van der Waals surface area contributed by atoms with Gasteiger partial charge in [0.1, 0.15) is 0 Å². The van der Waals surface area contributed by atoms with Crippen molar-refractivity contribution in [3.05, 3.63) is 23.9 Å². The fourth-order valence-electron chi connectivity index (χ4n) is 4.67. The summed E-state index contributed by atoms with van der Waals surface area (Å²) in [5, 5.41) is 0. The second-order valence-electron chi connectivity index (χ2n) is 8.03. The van der Waals surface area contributed by atoms with Crippen molar-refractivity contribution in [1.82, 2.24) is 14.8 Å². The number of aromatic nitrogens is 1. The Morgan fingerprint density at radius 3 is 2.68 bits per heavy atom. The molecule has 5 nitrogen and oxygen atoms in total. The first-order chi connectivity index (χ1) is 12.1. The Hall–Kier alpha value is -1.17. The van der Waals surface area contributed by atoms with E-state index in [2.05, 4.69) is 34.7 Å². The molecule has 2 aliphatic rings. The number of hydrogen-bond donors (Lipinski definition) is 0. The van der Waals surface area contributed by atoms with Crippen molar-refractivity contribution in [1.29, 1.82) is 0 Å². The molecule has 3 heterocycles. The van der Waals surface area contributed by atoms with Crippen molar-refractivity contribution in [2.24, 2.45) is 5.41 Å². The molecule has 3 rings (SSSR count). The molecule has 2 fully saturated rings. The first-order valence-corrected chi connectivity index (χ1v) is 9.52. The maximum Gasteiger partial charge on any atom is 0.217 e. The second-order valence-corrected chi connectivity index (χ2v) is 8.03. The van der Waals surface area contributed by atoms with Crippen LogP contribution in [0, 0.1) is 5.41 Å². The zero-order valence-electron chi connectivity index (χ0n) is 16.2. The molecule has 1 aromatic heterocycles. The topological polar surface area (TPSA) is 37.8 Å². The SMILES string of the molecule is COC[C@@H]1CC2(CCN(Cc3cccnc3OC)CC2)CN1C(C)C. The van der Waals surface area contributed by atoms with Gasteiger partial charge in [0.2, 0.25) is 5.88 Å². The predicted octanol–water partition coefficient (Wildman–Crippen LogP) is 2.80. The van der Waals surface area contributed by atoms with Gasteiger partial charge in [-0.15, -0.1) is 0 Å². The van der Waals surface area contributed by atoms with E-state index in [1.54, 1.807) is 13.3 Å². The predicted molar refractivity (Wildman–Crippen MR) is 99.9 cm³/mol. The largest absolute Gasteiger partial charge is 0.481 e. The van der Waals surface area contributed by atoms with Crippen molar-refractivity contribution in [2.45, 2.75) is 51.7 Å². The van der Waals surface area contributed by atoms with Crippen LogP contribution >= 0.6 is 0 Å². The van der Waals surface area contributed by atoms with Gasteiger partial charge in [-0.3, -0.25) is 9.80 Å². The van der Waals surface area contributed by atoms with Gasteiger partial charge in [-0.05, 0) is 57.7 Å². The standard InChI is InChI=1S/C20H33N3O2/c1-16(2)23-15-20(12-18(23)14-24-3)7-10-22(11-8-20)13-17-6-5-9-21-19(17)25-4/h5-6,9,16,18H,7-8,10-15H2,1-4H3/t18-/m0/s1. The van der Waals surface area contributed by atoms with Crippen LogP contribution in [0.25, 0.3) is 0 Å². The van der Waals surface area contributed by atoms with Crippen LogP contribution in [0.1, 0.15) is 38.7 Å². The van der Waals surface area contributed by atoms with Crippen LogP contribution < -0.4 is 4.74 Å². The van der Waals surface area contributed by atoms with E-state index in [1.165, 1.54) is 31.4 Å². The van der Waals surface area contributed by atoms with Crippen LogP contribution in [0.3, 0.4) is 0 Å². The number of ether oxygens (including phenoxy) is 2. The van der Waals surface area contributed by atoms with Crippen LogP contribution in [-0.2, 0) is 11.3 Å². The first-order valence-electron chi connectivity index (χ1n) is 9.52. The smallest absolute Gasteiger partial charge is 0.217 e. The van der Waals surface area contributed by atoms with Crippen LogP contribution in [0.2, 0.25) is 0 Å². The monoisotopic (exact) mass is 347 g/mol. The van der Waals surface area contributed by atoms with Gasteiger partial charge in [0, 0.05) is 44.0 Å². The lowest BCUT2D eigenvalue weighted by molar-refractivity contribution is 0.0913. The van der Waals surface area contributed by atoms with Crippen molar-refractivity contribution >= 4 is 0 Å². The number of rotatable bonds is 6. The Bertz CT molecular complexity index is 556. The summed E-state index contributed by atoms with van der Waals surface area (Å²) in [6.45, 7) is 9.95. The van der Waals surface area contributed by atoms with E-state index in [0.717, 1.165) is 32.1 Å². The van der Waals surface area contributed by atoms with Crippen LogP contribution in [0.15, 0.2) is 18.3 Å². The highest BCUT2D eigenvalue weighted by molar-refractivity contribution is 5.25. The maximum absolute atomic E-state index is 5.49. The molecule has 140 valence electrons. The van der Waals surface area contributed by atoms with Gasteiger partial charge in [0.05, 0.1) is 13.7 Å². The summed E-state index contributed by atoms with van der Waals surface area (Å²) >= 11 is 0. The Labute approximate surface area is 152 Å². The lowest BCUT2D eigenvalue weighted by Crippen LogP contribution is -2.42. The zero-order valence-corrected chi connectivity index (χ0v) is 16.2. The van der Waals surface area contributed by atoms with Crippen LogP contribution in [-0.4, -0.2) is 67.3 Å². The Morgan fingerprint density at radius 2 is 2.04 bits per heavy atom. The van der Waals surface area contributed by atoms with Crippen molar-refractivity contribution in [3.8, 4) is 5.88 Å². The van der Waals surface area contributed by atoms with E-state index in [0.29, 0.717) is 17.5 Å². The average Bonchev–Trinajstić information content (AvgIpc) is 2.96. The molecule has 2 aliphatic heterocycles. The lowest BCUT2D eigenvalue weighted by Gasteiger charge is -2.39. The van der Waals surface area contributed by atoms with E-state index in [1.807, 2.05) is 13.2 Å². The fourth-order valence-corrected chi connectivity index (χ4v) is 4.67. The Balaban J connectivity index is 1.60. The molecule has 0 aliphatic carbocycles. The normalized spacial score (nSPS) is 24.3. The summed E-state index contributed by atoms with van der Waals surface area (Å²) in [7, 11) is 3.53. The Kier molecular flexibility index (Phi) is 5.97. The third kappa shape index (κ3) is 4.15. The van der Waals surface area contributed by atoms with Crippen LogP contribution in [0.4, 0.5) is 0 Å². The number of nitrogens with zero attached hydrogens (tertiary/aromatic N) is 3. The number of piperidine rings is 1. The minimum atomic E-state index is 0.475. The van der Waals surface area contributed by atoms with Crippen LogP contribution in [0.5, 0.6) is 5.88 Å². The van der Waals surface area contributed by atoms with Gasteiger partial charge in [0.15, 0.2) is 0 Å². The van der Waals surface area contributed by atoms with E-state index >= 15 is 0 Å². The highest BCUT2D eigenvalue weighted by Gasteiger charge is 2.46. The van der Waals surface area contributed by atoms with Gasteiger partial charge in [-0.2, -0.15) is 0 Å². The zero-order chi connectivity index (χ0) is 17.9. The molecule has 2 saturated heterocycles. The summed E-state index contributed by atoms with van der Waals surface area (Å²) in [6, 6.07) is 5.30. The molecule has 25 heavy (non-hydrogen) atoms. The van der Waals surface area contributed by atoms with Gasteiger partial charge in [0.25, 0.3) is 0 Å². The highest BCUT2D eigenvalue weighted by atomic mass is 16.5. The van der Waals surface area contributed by atoms with E-state index in [-0.39, 0.29) is 0 Å². The molecule has 1 aromatic rings. The van der Waals surface area contributed by atoms with Gasteiger partial charge >= 0.3 is 0 Å².